The van der Waals surface area contributed by atoms with Gasteiger partial charge < -0.3 is 14.2 Å². The van der Waals surface area contributed by atoms with Gasteiger partial charge in [-0.2, -0.15) is 0 Å². The topological polar surface area (TPSA) is 78.9 Å². The fourth-order valence-electron chi connectivity index (χ4n) is 9.22. The third kappa shape index (κ3) is 62.9. The monoisotopic (exact) mass is 1080 g/mol. The Morgan fingerprint density at radius 3 is 0.897 bits per heavy atom. The molecule has 0 N–H and O–H groups in total. The van der Waals surface area contributed by atoms with E-state index in [1.54, 1.807) is 6.08 Å². The summed E-state index contributed by atoms with van der Waals surface area (Å²) in [5.41, 5.74) is 0. The third-order valence-corrected chi connectivity index (χ3v) is 14.1. The van der Waals surface area contributed by atoms with Gasteiger partial charge in [0.15, 0.2) is 6.10 Å². The molecule has 0 amide bonds. The van der Waals surface area contributed by atoms with Crippen LogP contribution in [0.3, 0.4) is 0 Å². The molecule has 446 valence electrons. The average Bonchev–Trinajstić information content (AvgIpc) is 3.44. The van der Waals surface area contributed by atoms with Crippen molar-refractivity contribution in [1.29, 1.82) is 0 Å². The van der Waals surface area contributed by atoms with Gasteiger partial charge in [-0.25, -0.2) is 0 Å². The summed E-state index contributed by atoms with van der Waals surface area (Å²) in [7, 11) is 0. The van der Waals surface area contributed by atoms with Gasteiger partial charge in [0, 0.05) is 12.8 Å². The van der Waals surface area contributed by atoms with Gasteiger partial charge in [0.05, 0.1) is 6.42 Å². The SMILES string of the molecule is CC/C=C\C/C=C\C/C=C\C/C=C\C/C=C\CC(=O)OCC(COC(=O)CCCCCCCCCCCC/C=C\C/C=C\C/C=C\C/C=C\CC)OC(=O)CCCCCCCCCCCCCCCCCCCCCCCC. The number of allylic oxidation sites excluding steroid dienone is 17. The standard InChI is InChI=1S/C72H122O6/c1-4-7-10-13-16-19-22-25-28-30-32-34-36-38-39-41-44-47-50-53-56-59-62-65-71(74)77-68-69(67-76-70(73)64-61-58-55-52-49-46-43-27-24-21-18-15-12-9-6-3)78-72(75)66-63-60-57-54-51-48-45-42-40-37-35-33-31-29-26-23-20-17-14-11-8-5-2/h7,9-10,12,16,18-19,21,25,27-28,32,34,43,49,52,58,61,69H,4-6,8,11,13-15,17,20,22-24,26,29-31,33,35-42,44-48,50-51,53-57,59-60,62-68H2,1-3H3/b10-7-,12-9-,19-16-,21-18-,28-25-,34-32-,43-27-,52-49-,61-58-. The molecule has 0 saturated carbocycles. The molecule has 0 radical (unpaired) electrons. The molecule has 0 fully saturated rings. The minimum absolute atomic E-state index is 0.109. The summed E-state index contributed by atoms with van der Waals surface area (Å²) in [6.07, 6.45) is 89.9. The summed E-state index contributed by atoms with van der Waals surface area (Å²) in [5.74, 6) is -1.04. The molecule has 1 unspecified atom stereocenters. The zero-order valence-electron chi connectivity index (χ0n) is 51.2. The van der Waals surface area contributed by atoms with Gasteiger partial charge in [0.1, 0.15) is 13.2 Å². The van der Waals surface area contributed by atoms with E-state index in [0.717, 1.165) is 96.3 Å². The first kappa shape index (κ1) is 74.1. The fourth-order valence-corrected chi connectivity index (χ4v) is 9.22. The Balaban J connectivity index is 4.40. The second-order valence-corrected chi connectivity index (χ2v) is 21.6. The minimum Gasteiger partial charge on any atom is -0.462 e. The van der Waals surface area contributed by atoms with Crippen LogP contribution in [0, 0.1) is 0 Å². The molecule has 0 saturated heterocycles. The van der Waals surface area contributed by atoms with Crippen molar-refractivity contribution in [3.05, 3.63) is 109 Å². The van der Waals surface area contributed by atoms with Crippen LogP contribution >= 0.6 is 0 Å². The molecule has 1 atom stereocenters. The van der Waals surface area contributed by atoms with Gasteiger partial charge in [-0.3, -0.25) is 14.4 Å². The van der Waals surface area contributed by atoms with E-state index in [4.69, 9.17) is 14.2 Å². The van der Waals surface area contributed by atoms with Gasteiger partial charge in [0.2, 0.25) is 0 Å². The Bertz CT molecular complexity index is 1570. The molecule has 0 aliphatic heterocycles. The highest BCUT2D eigenvalue weighted by atomic mass is 16.6. The van der Waals surface area contributed by atoms with Gasteiger partial charge in [-0.15, -0.1) is 0 Å². The quantitative estimate of drug-likeness (QED) is 0.0261. The molecule has 0 aromatic heterocycles. The number of esters is 3. The van der Waals surface area contributed by atoms with Crippen LogP contribution in [-0.2, 0) is 28.6 Å². The Labute approximate surface area is 482 Å². The summed E-state index contributed by atoms with van der Waals surface area (Å²) < 4.78 is 16.8. The highest BCUT2D eigenvalue weighted by Gasteiger charge is 2.19. The minimum atomic E-state index is -0.821. The van der Waals surface area contributed by atoms with Gasteiger partial charge in [0.25, 0.3) is 0 Å². The average molecular weight is 1080 g/mol. The smallest absolute Gasteiger partial charge is 0.309 e. The van der Waals surface area contributed by atoms with Crippen LogP contribution in [0.4, 0.5) is 0 Å². The number of carbonyl (C=O) groups is 3. The first-order valence-electron chi connectivity index (χ1n) is 32.9. The maximum absolute atomic E-state index is 12.9. The first-order valence-corrected chi connectivity index (χ1v) is 32.9. The zero-order chi connectivity index (χ0) is 56.4. The summed E-state index contributed by atoms with van der Waals surface area (Å²) in [6.45, 7) is 6.36. The van der Waals surface area contributed by atoms with E-state index >= 15 is 0 Å². The van der Waals surface area contributed by atoms with Crippen molar-refractivity contribution in [3.63, 3.8) is 0 Å². The summed E-state index contributed by atoms with van der Waals surface area (Å²) >= 11 is 0. The second-order valence-electron chi connectivity index (χ2n) is 21.6. The second kappa shape index (κ2) is 65.6. The lowest BCUT2D eigenvalue weighted by Gasteiger charge is -2.18. The molecule has 0 spiro atoms. The van der Waals surface area contributed by atoms with Crippen LogP contribution in [0.25, 0.3) is 0 Å². The van der Waals surface area contributed by atoms with E-state index in [1.807, 2.05) is 6.08 Å². The van der Waals surface area contributed by atoms with Gasteiger partial charge >= 0.3 is 17.9 Å². The van der Waals surface area contributed by atoms with Crippen molar-refractivity contribution in [2.75, 3.05) is 13.2 Å². The normalized spacial score (nSPS) is 12.8. The maximum atomic E-state index is 12.9. The summed E-state index contributed by atoms with van der Waals surface area (Å²) in [6, 6.07) is 0. The fraction of sp³-hybridized carbons (Fsp3) is 0.708. The van der Waals surface area contributed by atoms with Crippen LogP contribution in [0.5, 0.6) is 0 Å². The molecular formula is C72H122O6. The van der Waals surface area contributed by atoms with Crippen molar-refractivity contribution < 1.29 is 28.6 Å². The predicted molar refractivity (Wildman–Crippen MR) is 339 cm³/mol. The molecule has 0 heterocycles. The van der Waals surface area contributed by atoms with E-state index in [0.29, 0.717) is 12.8 Å². The number of hydrogen-bond donors (Lipinski definition) is 0. The van der Waals surface area contributed by atoms with E-state index in [2.05, 4.69) is 118 Å². The van der Waals surface area contributed by atoms with Crippen LogP contribution in [0.15, 0.2) is 109 Å². The Morgan fingerprint density at radius 1 is 0.282 bits per heavy atom. The first-order chi connectivity index (χ1) is 38.5. The molecule has 6 nitrogen and oxygen atoms in total. The van der Waals surface area contributed by atoms with Crippen LogP contribution in [0.2, 0.25) is 0 Å². The lowest BCUT2D eigenvalue weighted by Crippen LogP contribution is -2.30. The van der Waals surface area contributed by atoms with E-state index in [1.165, 1.54) is 173 Å². The molecule has 0 aromatic rings. The van der Waals surface area contributed by atoms with Crippen LogP contribution < -0.4 is 0 Å². The predicted octanol–water partition coefficient (Wildman–Crippen LogP) is 22.6. The molecule has 0 aliphatic rings. The molecule has 0 rings (SSSR count). The molecular weight excluding hydrogens is 961 g/mol. The number of ether oxygens (including phenoxy) is 3. The zero-order valence-corrected chi connectivity index (χ0v) is 51.2. The van der Waals surface area contributed by atoms with Crippen molar-refractivity contribution in [1.82, 2.24) is 0 Å². The van der Waals surface area contributed by atoms with Crippen LogP contribution in [-0.4, -0.2) is 37.2 Å². The molecule has 0 bridgehead atoms. The van der Waals surface area contributed by atoms with Crippen molar-refractivity contribution in [2.24, 2.45) is 0 Å². The molecule has 6 heteroatoms. The number of carbonyl (C=O) groups excluding carboxylic acids is 3. The summed E-state index contributed by atoms with van der Waals surface area (Å²) in [4.78, 5) is 38.3. The number of rotatable bonds is 59. The molecule has 78 heavy (non-hydrogen) atoms. The highest BCUT2D eigenvalue weighted by molar-refractivity contribution is 5.72. The lowest BCUT2D eigenvalue weighted by molar-refractivity contribution is -0.166. The van der Waals surface area contributed by atoms with Crippen molar-refractivity contribution in [3.8, 4) is 0 Å². The van der Waals surface area contributed by atoms with Crippen molar-refractivity contribution >= 4 is 17.9 Å². The maximum Gasteiger partial charge on any atom is 0.309 e. The lowest BCUT2D eigenvalue weighted by atomic mass is 10.0. The highest BCUT2D eigenvalue weighted by Crippen LogP contribution is 2.17. The number of unbranched alkanes of at least 4 members (excludes halogenated alkanes) is 31. The Morgan fingerprint density at radius 2 is 0.551 bits per heavy atom. The Hall–Kier alpha value is -3.93. The van der Waals surface area contributed by atoms with Gasteiger partial charge in [-0.05, 0) is 83.5 Å². The van der Waals surface area contributed by atoms with E-state index < -0.39 is 12.1 Å². The van der Waals surface area contributed by atoms with Crippen molar-refractivity contribution in [2.45, 2.75) is 316 Å². The third-order valence-electron chi connectivity index (χ3n) is 14.1. The van der Waals surface area contributed by atoms with Gasteiger partial charge in [-0.1, -0.05) is 316 Å². The summed E-state index contributed by atoms with van der Waals surface area (Å²) in [5, 5.41) is 0. The molecule has 0 aliphatic carbocycles. The molecule has 0 aromatic carbocycles. The van der Waals surface area contributed by atoms with Crippen LogP contribution in [0.1, 0.15) is 310 Å². The van der Waals surface area contributed by atoms with E-state index in [9.17, 15) is 14.4 Å². The Kier molecular flexibility index (Phi) is 62.3. The number of hydrogen-bond acceptors (Lipinski definition) is 6. The largest absolute Gasteiger partial charge is 0.462 e. The van der Waals surface area contributed by atoms with E-state index in [-0.39, 0.29) is 31.6 Å².